The number of piperidine rings is 1. The van der Waals surface area contributed by atoms with Gasteiger partial charge in [0.15, 0.2) is 5.65 Å². The van der Waals surface area contributed by atoms with E-state index in [1.54, 1.807) is 23.6 Å². The van der Waals surface area contributed by atoms with Crippen molar-refractivity contribution in [2.75, 3.05) is 18.8 Å². The van der Waals surface area contributed by atoms with Crippen molar-refractivity contribution in [3.63, 3.8) is 0 Å². The van der Waals surface area contributed by atoms with Crippen molar-refractivity contribution >= 4 is 18.5 Å². The fraction of sp³-hybridized carbons (Fsp3) is 0.316. The number of rotatable bonds is 3. The molecule has 0 saturated carbocycles. The van der Waals surface area contributed by atoms with Crippen molar-refractivity contribution < 1.29 is 5.02 Å². The lowest BCUT2D eigenvalue weighted by Gasteiger charge is -2.33. The van der Waals surface area contributed by atoms with Gasteiger partial charge in [-0.3, -0.25) is 0 Å². The molecule has 1 atom stereocenters. The maximum Gasteiger partial charge on any atom is 0.376 e. The maximum absolute atomic E-state index is 9.92. The molecular weight excluding hydrogens is 339 g/mol. The van der Waals surface area contributed by atoms with Gasteiger partial charge in [0.05, 0.1) is 23.5 Å². The number of nitrogens with zero attached hydrogens (tertiary/aromatic N) is 5. The minimum absolute atomic E-state index is 0.217. The van der Waals surface area contributed by atoms with Gasteiger partial charge in [-0.05, 0) is 50.5 Å². The van der Waals surface area contributed by atoms with Gasteiger partial charge in [0, 0.05) is 17.5 Å². The first-order valence-corrected chi connectivity index (χ1v) is 9.13. The summed E-state index contributed by atoms with van der Waals surface area (Å²) in [4.78, 5) is 6.93. The fourth-order valence-electron chi connectivity index (χ4n) is 3.76. The fourth-order valence-corrected chi connectivity index (χ4v) is 3.76. The molecule has 0 aliphatic carbocycles. The molecule has 8 heteroatoms. The van der Waals surface area contributed by atoms with E-state index in [1.165, 1.54) is 0 Å². The van der Waals surface area contributed by atoms with E-state index in [9.17, 15) is 5.02 Å². The quantitative estimate of drug-likeness (QED) is 0.694. The zero-order chi connectivity index (χ0) is 19.0. The standard InChI is InChI=1S/C19H21BN6O/c1-20(27)25-7-3-6-15(12-25)17-9-18(22)26-19(24-17)16(11-23-26)14-5-2-4-13(8-14)10-21/h2,4-5,8-9,11,15,27H,3,6-7,12,22H2,1H3. The molecule has 1 aliphatic rings. The molecule has 0 radical (unpaired) electrons. The average molecular weight is 360 g/mol. The third-order valence-corrected chi connectivity index (χ3v) is 5.22. The van der Waals surface area contributed by atoms with E-state index in [2.05, 4.69) is 16.0 Å². The first-order valence-electron chi connectivity index (χ1n) is 9.13. The molecule has 4 rings (SSSR count). The number of anilines is 1. The predicted octanol–water partition coefficient (Wildman–Crippen LogP) is 2.14. The SMILES string of the molecule is CB(O)N1CCCC(c2cc(N)n3ncc(-c4cccc(C#N)c4)c3n2)C1. The van der Waals surface area contributed by atoms with Gasteiger partial charge >= 0.3 is 7.05 Å². The minimum atomic E-state index is -0.465. The topological polar surface area (TPSA) is 103 Å². The average Bonchev–Trinajstić information content (AvgIpc) is 3.12. The van der Waals surface area contributed by atoms with E-state index in [0.717, 1.165) is 42.8 Å². The van der Waals surface area contributed by atoms with Crippen molar-refractivity contribution in [2.24, 2.45) is 0 Å². The van der Waals surface area contributed by atoms with Crippen molar-refractivity contribution in [3.05, 3.63) is 47.8 Å². The lowest BCUT2D eigenvalue weighted by Crippen LogP contribution is -2.43. The Morgan fingerprint density at radius 1 is 1.37 bits per heavy atom. The summed E-state index contributed by atoms with van der Waals surface area (Å²) < 4.78 is 1.63. The lowest BCUT2D eigenvalue weighted by molar-refractivity contribution is 0.283. The third kappa shape index (κ3) is 3.27. The van der Waals surface area contributed by atoms with E-state index < -0.39 is 7.05 Å². The first kappa shape index (κ1) is 17.5. The summed E-state index contributed by atoms with van der Waals surface area (Å²) in [7, 11) is -0.465. The largest absolute Gasteiger partial charge is 0.437 e. The molecule has 27 heavy (non-hydrogen) atoms. The maximum atomic E-state index is 9.92. The second-order valence-electron chi connectivity index (χ2n) is 7.06. The first-order chi connectivity index (χ1) is 13.1. The number of hydrogen-bond acceptors (Lipinski definition) is 6. The molecule has 0 spiro atoms. The number of nitrogens with two attached hydrogens (primary N) is 1. The van der Waals surface area contributed by atoms with E-state index in [0.29, 0.717) is 17.0 Å². The van der Waals surface area contributed by atoms with Crippen LogP contribution < -0.4 is 5.73 Å². The van der Waals surface area contributed by atoms with Gasteiger partial charge in [0.25, 0.3) is 0 Å². The molecule has 1 aromatic carbocycles. The highest BCUT2D eigenvalue weighted by atomic mass is 16.2. The van der Waals surface area contributed by atoms with Crippen molar-refractivity contribution in [3.8, 4) is 17.2 Å². The molecule has 0 amide bonds. The van der Waals surface area contributed by atoms with E-state index in [4.69, 9.17) is 16.0 Å². The molecule has 1 saturated heterocycles. The van der Waals surface area contributed by atoms with Gasteiger partial charge in [-0.15, -0.1) is 0 Å². The van der Waals surface area contributed by atoms with Crippen LogP contribution in [0.5, 0.6) is 0 Å². The predicted molar refractivity (Wildman–Crippen MR) is 105 cm³/mol. The van der Waals surface area contributed by atoms with Crippen LogP contribution >= 0.6 is 0 Å². The zero-order valence-electron chi connectivity index (χ0n) is 15.2. The number of nitrogen functional groups attached to an aromatic ring is 1. The summed E-state index contributed by atoms with van der Waals surface area (Å²) in [5.41, 5.74) is 10.2. The summed E-state index contributed by atoms with van der Waals surface area (Å²) in [6, 6.07) is 11.4. The van der Waals surface area contributed by atoms with Crippen LogP contribution in [-0.2, 0) is 0 Å². The van der Waals surface area contributed by atoms with E-state index >= 15 is 0 Å². The molecule has 2 aromatic heterocycles. The second-order valence-corrected chi connectivity index (χ2v) is 7.06. The van der Waals surface area contributed by atoms with Crippen LogP contribution in [0.3, 0.4) is 0 Å². The molecule has 0 bridgehead atoms. The molecule has 3 N–H and O–H groups in total. The normalized spacial score (nSPS) is 17.7. The van der Waals surface area contributed by atoms with Crippen molar-refractivity contribution in [2.45, 2.75) is 25.6 Å². The van der Waals surface area contributed by atoms with Gasteiger partial charge in [-0.25, -0.2) is 4.98 Å². The summed E-state index contributed by atoms with van der Waals surface area (Å²) in [6.07, 6.45) is 3.76. The Labute approximate surface area is 158 Å². The molecular formula is C19H21BN6O. The molecule has 3 heterocycles. The Morgan fingerprint density at radius 3 is 3.00 bits per heavy atom. The van der Waals surface area contributed by atoms with Crippen LogP contribution in [0.1, 0.15) is 30.0 Å². The van der Waals surface area contributed by atoms with Gasteiger partial charge in [0.1, 0.15) is 5.82 Å². The molecule has 1 aliphatic heterocycles. The Bertz CT molecular complexity index is 1020. The van der Waals surface area contributed by atoms with E-state index in [-0.39, 0.29) is 5.92 Å². The molecule has 1 unspecified atom stereocenters. The summed E-state index contributed by atoms with van der Waals surface area (Å²) in [5.74, 6) is 0.751. The molecule has 7 nitrogen and oxygen atoms in total. The van der Waals surface area contributed by atoms with Gasteiger partial charge in [-0.2, -0.15) is 14.9 Å². The van der Waals surface area contributed by atoms with Crippen molar-refractivity contribution in [1.82, 2.24) is 19.4 Å². The lowest BCUT2D eigenvalue weighted by atomic mass is 9.80. The number of nitriles is 1. The highest BCUT2D eigenvalue weighted by molar-refractivity contribution is 6.45. The minimum Gasteiger partial charge on any atom is -0.437 e. The summed E-state index contributed by atoms with van der Waals surface area (Å²) in [6.45, 7) is 3.45. The van der Waals surface area contributed by atoms with Crippen LogP contribution in [0.2, 0.25) is 6.82 Å². The van der Waals surface area contributed by atoms with Gasteiger partial charge in [-0.1, -0.05) is 12.1 Å². The Morgan fingerprint density at radius 2 is 2.22 bits per heavy atom. The number of aromatic nitrogens is 3. The summed E-state index contributed by atoms with van der Waals surface area (Å²) in [5, 5.41) is 23.5. The van der Waals surface area contributed by atoms with Crippen molar-refractivity contribution in [1.29, 1.82) is 5.26 Å². The van der Waals surface area contributed by atoms with Crippen LogP contribution in [0.4, 0.5) is 5.82 Å². The smallest absolute Gasteiger partial charge is 0.376 e. The zero-order valence-corrected chi connectivity index (χ0v) is 15.2. The van der Waals surface area contributed by atoms with E-state index in [1.807, 2.05) is 24.3 Å². The Kier molecular flexibility index (Phi) is 4.56. The van der Waals surface area contributed by atoms with Crippen LogP contribution in [0.25, 0.3) is 16.8 Å². The Hall–Kier alpha value is -2.89. The second kappa shape index (κ2) is 7.03. The number of hydrogen-bond donors (Lipinski definition) is 2. The van der Waals surface area contributed by atoms with Crippen LogP contribution in [0, 0.1) is 11.3 Å². The van der Waals surface area contributed by atoms with Crippen LogP contribution in [0.15, 0.2) is 36.5 Å². The monoisotopic (exact) mass is 360 g/mol. The number of fused-ring (bicyclic) bond motifs is 1. The summed E-state index contributed by atoms with van der Waals surface area (Å²) >= 11 is 0. The molecule has 136 valence electrons. The third-order valence-electron chi connectivity index (χ3n) is 5.22. The molecule has 3 aromatic rings. The highest BCUT2D eigenvalue weighted by Gasteiger charge is 2.27. The number of benzene rings is 1. The molecule has 1 fully saturated rings. The van der Waals surface area contributed by atoms with Gasteiger partial charge < -0.3 is 15.6 Å². The highest BCUT2D eigenvalue weighted by Crippen LogP contribution is 2.30. The van der Waals surface area contributed by atoms with Crippen LogP contribution in [-0.4, -0.2) is 44.6 Å². The van der Waals surface area contributed by atoms with Gasteiger partial charge in [0.2, 0.25) is 0 Å². The Balaban J connectivity index is 1.77.